The van der Waals surface area contributed by atoms with Crippen LogP contribution in [0.3, 0.4) is 0 Å². The minimum absolute atomic E-state index is 0. The van der Waals surface area contributed by atoms with Crippen LogP contribution in [0.25, 0.3) is 0 Å². The van der Waals surface area contributed by atoms with E-state index < -0.39 is 0 Å². The molecule has 2 aromatic rings. The molecule has 0 saturated heterocycles. The van der Waals surface area contributed by atoms with Crippen molar-refractivity contribution in [2.45, 2.75) is 24.7 Å². The first-order chi connectivity index (χ1) is 12.6. The van der Waals surface area contributed by atoms with Gasteiger partial charge in [0.05, 0.1) is 11.3 Å². The van der Waals surface area contributed by atoms with Crippen molar-refractivity contribution in [3.05, 3.63) is 59.7 Å². The second kappa shape index (κ2) is 12.4. The number of aryl methyl sites for hydroxylation is 1. The molecule has 4 N–H and O–H groups in total. The van der Waals surface area contributed by atoms with Gasteiger partial charge in [-0.2, -0.15) is 0 Å². The monoisotopic (exact) mass is 407 g/mol. The van der Waals surface area contributed by atoms with Gasteiger partial charge in [0.2, 0.25) is 5.91 Å². The Bertz CT molecular complexity index is 738. The summed E-state index contributed by atoms with van der Waals surface area (Å²) in [5, 5.41) is 5.76. The average Bonchev–Trinajstić information content (AvgIpc) is 2.65. The number of amides is 2. The number of benzene rings is 2. The number of nitrogens with one attached hydrogen (secondary N) is 2. The Labute approximate surface area is 170 Å². The maximum Gasteiger partial charge on any atom is 0.252 e. The smallest absolute Gasteiger partial charge is 0.252 e. The molecule has 2 rings (SSSR count). The molecular weight excluding hydrogens is 382 g/mol. The third kappa shape index (κ3) is 8.03. The van der Waals surface area contributed by atoms with Gasteiger partial charge in [-0.1, -0.05) is 29.8 Å². The minimum atomic E-state index is -0.121. The van der Waals surface area contributed by atoms with Crippen molar-refractivity contribution >= 4 is 41.7 Å². The molecule has 2 amide bonds. The highest BCUT2D eigenvalue weighted by atomic mass is 35.5. The zero-order valence-corrected chi connectivity index (χ0v) is 17.0. The Kier molecular flexibility index (Phi) is 10.6. The Morgan fingerprint density at radius 1 is 1.04 bits per heavy atom. The van der Waals surface area contributed by atoms with Crippen LogP contribution in [0.4, 0.5) is 5.69 Å². The molecule has 0 radical (unpaired) electrons. The molecule has 146 valence electrons. The summed E-state index contributed by atoms with van der Waals surface area (Å²) in [6.45, 7) is 3.22. The number of hydrogen-bond acceptors (Lipinski definition) is 4. The van der Waals surface area contributed by atoms with Gasteiger partial charge in [-0.25, -0.2) is 0 Å². The first-order valence-electron chi connectivity index (χ1n) is 8.67. The molecule has 0 unspecified atom stereocenters. The highest BCUT2D eigenvalue weighted by Crippen LogP contribution is 2.23. The van der Waals surface area contributed by atoms with E-state index in [1.165, 1.54) is 11.8 Å². The lowest BCUT2D eigenvalue weighted by Gasteiger charge is -2.10. The van der Waals surface area contributed by atoms with Crippen LogP contribution in [0.1, 0.15) is 28.8 Å². The third-order valence-corrected chi connectivity index (χ3v) is 4.82. The van der Waals surface area contributed by atoms with E-state index in [1.54, 1.807) is 6.07 Å². The van der Waals surface area contributed by atoms with Crippen molar-refractivity contribution < 1.29 is 9.59 Å². The number of nitrogens with two attached hydrogens (primary N) is 1. The van der Waals surface area contributed by atoms with Gasteiger partial charge in [0, 0.05) is 17.1 Å². The Morgan fingerprint density at radius 2 is 1.74 bits per heavy atom. The molecule has 7 heteroatoms. The van der Waals surface area contributed by atoms with E-state index in [0.29, 0.717) is 18.7 Å². The first kappa shape index (κ1) is 23.0. The van der Waals surface area contributed by atoms with Gasteiger partial charge in [0.25, 0.3) is 5.91 Å². The van der Waals surface area contributed by atoms with Crippen LogP contribution >= 0.6 is 24.2 Å². The van der Waals surface area contributed by atoms with Crippen molar-refractivity contribution in [3.8, 4) is 0 Å². The fourth-order valence-corrected chi connectivity index (χ4v) is 3.17. The van der Waals surface area contributed by atoms with E-state index in [2.05, 4.69) is 10.6 Å². The Balaban J connectivity index is 0.00000364. The zero-order valence-electron chi connectivity index (χ0n) is 15.4. The SMILES string of the molecule is Cc1ccc(NC(=O)CSc2ccccc2C(=O)NCCCCN)cc1.Cl. The van der Waals surface area contributed by atoms with Gasteiger partial charge in [-0.3, -0.25) is 9.59 Å². The quantitative estimate of drug-likeness (QED) is 0.438. The summed E-state index contributed by atoms with van der Waals surface area (Å²) in [6, 6.07) is 15.0. The van der Waals surface area contributed by atoms with Crippen LogP contribution in [0.5, 0.6) is 0 Å². The van der Waals surface area contributed by atoms with Crippen LogP contribution in [0.2, 0.25) is 0 Å². The predicted molar refractivity (Wildman–Crippen MR) is 115 cm³/mol. The molecule has 0 saturated carbocycles. The summed E-state index contributed by atoms with van der Waals surface area (Å²) >= 11 is 1.36. The second-order valence-corrected chi connectivity index (χ2v) is 6.97. The maximum absolute atomic E-state index is 12.3. The van der Waals surface area contributed by atoms with Gasteiger partial charge in [-0.05, 0) is 50.6 Å². The molecule has 0 aliphatic rings. The number of hydrogen-bond donors (Lipinski definition) is 3. The summed E-state index contributed by atoms with van der Waals surface area (Å²) < 4.78 is 0. The van der Waals surface area contributed by atoms with Crippen molar-refractivity contribution in [2.24, 2.45) is 5.73 Å². The van der Waals surface area contributed by atoms with Crippen LogP contribution in [-0.4, -0.2) is 30.7 Å². The molecule has 0 heterocycles. The molecule has 0 atom stereocenters. The number of carbonyl (C=O) groups is 2. The van der Waals surface area contributed by atoms with Crippen molar-refractivity contribution in [1.82, 2.24) is 5.32 Å². The zero-order chi connectivity index (χ0) is 18.8. The van der Waals surface area contributed by atoms with E-state index in [-0.39, 0.29) is 30.0 Å². The van der Waals surface area contributed by atoms with Crippen molar-refractivity contribution in [1.29, 1.82) is 0 Å². The largest absolute Gasteiger partial charge is 0.352 e. The van der Waals surface area contributed by atoms with E-state index in [0.717, 1.165) is 29.0 Å². The van der Waals surface area contributed by atoms with E-state index in [9.17, 15) is 9.59 Å². The number of carbonyl (C=O) groups excluding carboxylic acids is 2. The van der Waals surface area contributed by atoms with Gasteiger partial charge in [-0.15, -0.1) is 24.2 Å². The number of rotatable bonds is 9. The van der Waals surface area contributed by atoms with Gasteiger partial charge < -0.3 is 16.4 Å². The lowest BCUT2D eigenvalue weighted by Crippen LogP contribution is -2.25. The van der Waals surface area contributed by atoms with Crippen LogP contribution in [0.15, 0.2) is 53.4 Å². The summed E-state index contributed by atoms with van der Waals surface area (Å²) in [4.78, 5) is 25.3. The molecule has 0 fully saturated rings. The summed E-state index contributed by atoms with van der Waals surface area (Å²) in [5.74, 6) is 0.0202. The average molecular weight is 408 g/mol. The molecule has 27 heavy (non-hydrogen) atoms. The summed E-state index contributed by atoms with van der Waals surface area (Å²) in [5.41, 5.74) is 7.96. The molecule has 0 aliphatic heterocycles. The highest BCUT2D eigenvalue weighted by Gasteiger charge is 2.12. The predicted octanol–water partition coefficient (Wildman–Crippen LogP) is 3.62. The van der Waals surface area contributed by atoms with Crippen LogP contribution < -0.4 is 16.4 Å². The molecule has 2 aromatic carbocycles. The topological polar surface area (TPSA) is 84.2 Å². The first-order valence-corrected chi connectivity index (χ1v) is 9.65. The summed E-state index contributed by atoms with van der Waals surface area (Å²) in [7, 11) is 0. The number of thioether (sulfide) groups is 1. The number of anilines is 1. The maximum atomic E-state index is 12.3. The summed E-state index contributed by atoms with van der Waals surface area (Å²) in [6.07, 6.45) is 1.74. The van der Waals surface area contributed by atoms with Crippen LogP contribution in [0, 0.1) is 6.92 Å². The standard InChI is InChI=1S/C20H25N3O2S.ClH/c1-15-8-10-16(11-9-15)23-19(24)14-26-18-7-3-2-6-17(18)20(25)22-13-5-4-12-21;/h2-3,6-11H,4-5,12-14,21H2,1H3,(H,22,25)(H,23,24);1H. The Hall–Kier alpha value is -2.02. The van der Waals surface area contributed by atoms with E-state index in [1.807, 2.05) is 49.4 Å². The van der Waals surface area contributed by atoms with Gasteiger partial charge >= 0.3 is 0 Å². The molecule has 0 aromatic heterocycles. The molecule has 0 spiro atoms. The van der Waals surface area contributed by atoms with Gasteiger partial charge in [0.15, 0.2) is 0 Å². The van der Waals surface area contributed by atoms with Gasteiger partial charge in [0.1, 0.15) is 0 Å². The number of halogens is 1. The lowest BCUT2D eigenvalue weighted by molar-refractivity contribution is -0.113. The lowest BCUT2D eigenvalue weighted by atomic mass is 10.2. The molecule has 0 bridgehead atoms. The number of unbranched alkanes of at least 4 members (excludes halogenated alkanes) is 1. The Morgan fingerprint density at radius 3 is 2.44 bits per heavy atom. The fourth-order valence-electron chi connectivity index (χ4n) is 2.32. The minimum Gasteiger partial charge on any atom is -0.352 e. The normalized spacial score (nSPS) is 10.0. The second-order valence-electron chi connectivity index (χ2n) is 5.95. The molecule has 5 nitrogen and oxygen atoms in total. The van der Waals surface area contributed by atoms with E-state index in [4.69, 9.17) is 5.73 Å². The highest BCUT2D eigenvalue weighted by molar-refractivity contribution is 8.00. The third-order valence-electron chi connectivity index (χ3n) is 3.74. The van der Waals surface area contributed by atoms with Crippen molar-refractivity contribution in [3.63, 3.8) is 0 Å². The van der Waals surface area contributed by atoms with Crippen molar-refractivity contribution in [2.75, 3.05) is 24.2 Å². The van der Waals surface area contributed by atoms with E-state index >= 15 is 0 Å². The molecule has 0 aliphatic carbocycles. The molecular formula is C20H26ClN3O2S. The van der Waals surface area contributed by atoms with Crippen LogP contribution in [-0.2, 0) is 4.79 Å². The fraction of sp³-hybridized carbons (Fsp3) is 0.300.